The van der Waals surface area contributed by atoms with Crippen LogP contribution in [0.1, 0.15) is 31.5 Å². The van der Waals surface area contributed by atoms with Crippen molar-refractivity contribution in [1.82, 2.24) is 15.0 Å². The number of nitrogens with zero attached hydrogens (tertiary/aromatic N) is 2. The number of nitrogens with one attached hydrogen (secondary N) is 1. The molecule has 4 nitrogen and oxygen atoms in total. The molecule has 100 valence electrons. The zero-order valence-electron chi connectivity index (χ0n) is 11.6. The van der Waals surface area contributed by atoms with Crippen LogP contribution >= 0.6 is 0 Å². The van der Waals surface area contributed by atoms with E-state index in [1.807, 2.05) is 25.1 Å². The highest BCUT2D eigenvalue weighted by Gasteiger charge is 2.10. The summed E-state index contributed by atoms with van der Waals surface area (Å²) in [5.41, 5.74) is 2.23. The van der Waals surface area contributed by atoms with Gasteiger partial charge in [0.2, 0.25) is 0 Å². The molecule has 0 amide bonds. The highest BCUT2D eigenvalue weighted by Crippen LogP contribution is 2.13. The molecule has 0 saturated heterocycles. The van der Waals surface area contributed by atoms with Crippen molar-refractivity contribution in [3.05, 3.63) is 46.0 Å². The van der Waals surface area contributed by atoms with Gasteiger partial charge in [-0.25, -0.2) is 4.98 Å². The van der Waals surface area contributed by atoms with E-state index in [1.165, 1.54) is 0 Å². The molecule has 0 saturated carbocycles. The Bertz CT molecular complexity index is 603. The van der Waals surface area contributed by atoms with Crippen LogP contribution in [-0.2, 0) is 6.42 Å². The van der Waals surface area contributed by atoms with Crippen molar-refractivity contribution in [2.24, 2.45) is 5.92 Å². The van der Waals surface area contributed by atoms with Gasteiger partial charge < -0.3 is 4.98 Å². The van der Waals surface area contributed by atoms with E-state index in [0.29, 0.717) is 17.4 Å². The molecule has 0 radical (unpaired) electrons. The molecule has 0 aliphatic heterocycles. The Balaban J connectivity index is 2.35. The highest BCUT2D eigenvalue weighted by atomic mass is 16.1. The topological polar surface area (TPSA) is 58.6 Å². The van der Waals surface area contributed by atoms with Crippen molar-refractivity contribution in [3.63, 3.8) is 0 Å². The van der Waals surface area contributed by atoms with Crippen LogP contribution in [0, 0.1) is 12.8 Å². The average molecular weight is 257 g/mol. The summed E-state index contributed by atoms with van der Waals surface area (Å²) in [5, 5.41) is 0. The summed E-state index contributed by atoms with van der Waals surface area (Å²) in [5.74, 6) is 1.12. The van der Waals surface area contributed by atoms with E-state index in [-0.39, 0.29) is 5.56 Å². The van der Waals surface area contributed by atoms with Gasteiger partial charge in [-0.3, -0.25) is 9.78 Å². The highest BCUT2D eigenvalue weighted by molar-refractivity contribution is 5.48. The van der Waals surface area contributed by atoms with Gasteiger partial charge in [0.15, 0.2) is 5.82 Å². The molecule has 0 aromatic carbocycles. The van der Waals surface area contributed by atoms with Gasteiger partial charge in [0, 0.05) is 17.5 Å². The van der Waals surface area contributed by atoms with Crippen LogP contribution in [0.3, 0.4) is 0 Å². The SMILES string of the molecule is Cc1nc(-c2ccccn2)[nH]c(=O)c1CCC(C)C. The molecule has 1 N–H and O–H groups in total. The first kappa shape index (κ1) is 13.5. The predicted molar refractivity (Wildman–Crippen MR) is 76.0 cm³/mol. The Hall–Kier alpha value is -1.97. The van der Waals surface area contributed by atoms with Crippen molar-refractivity contribution < 1.29 is 0 Å². The van der Waals surface area contributed by atoms with E-state index in [0.717, 1.165) is 24.1 Å². The Morgan fingerprint density at radius 1 is 1.32 bits per heavy atom. The van der Waals surface area contributed by atoms with Crippen LogP contribution < -0.4 is 5.56 Å². The lowest BCUT2D eigenvalue weighted by molar-refractivity contribution is 0.582. The third-order valence-electron chi connectivity index (χ3n) is 3.10. The Kier molecular flexibility index (Phi) is 4.10. The van der Waals surface area contributed by atoms with Gasteiger partial charge in [0.05, 0.1) is 0 Å². The van der Waals surface area contributed by atoms with Crippen LogP contribution in [0.25, 0.3) is 11.5 Å². The first-order valence-corrected chi connectivity index (χ1v) is 6.59. The van der Waals surface area contributed by atoms with Crippen molar-refractivity contribution in [2.45, 2.75) is 33.6 Å². The van der Waals surface area contributed by atoms with Gasteiger partial charge in [-0.15, -0.1) is 0 Å². The average Bonchev–Trinajstić information content (AvgIpc) is 2.38. The molecule has 0 fully saturated rings. The second-order valence-electron chi connectivity index (χ2n) is 5.13. The Morgan fingerprint density at radius 3 is 2.68 bits per heavy atom. The molecule has 2 aromatic heterocycles. The molecular weight excluding hydrogens is 238 g/mol. The number of hydrogen-bond acceptors (Lipinski definition) is 3. The summed E-state index contributed by atoms with van der Waals surface area (Å²) < 4.78 is 0. The Labute approximate surface area is 112 Å². The lowest BCUT2D eigenvalue weighted by atomic mass is 10.0. The zero-order valence-corrected chi connectivity index (χ0v) is 11.6. The van der Waals surface area contributed by atoms with Crippen LogP contribution in [-0.4, -0.2) is 15.0 Å². The summed E-state index contributed by atoms with van der Waals surface area (Å²) in [4.78, 5) is 23.6. The first-order chi connectivity index (χ1) is 9.08. The van der Waals surface area contributed by atoms with Gasteiger partial charge in [-0.1, -0.05) is 19.9 Å². The summed E-state index contributed by atoms with van der Waals surface area (Å²) in [6.45, 7) is 6.19. The second-order valence-corrected chi connectivity index (χ2v) is 5.13. The maximum absolute atomic E-state index is 12.1. The Morgan fingerprint density at radius 2 is 2.11 bits per heavy atom. The molecular formula is C15H19N3O. The van der Waals surface area contributed by atoms with Crippen LogP contribution in [0.4, 0.5) is 0 Å². The third kappa shape index (κ3) is 3.28. The molecule has 2 aromatic rings. The zero-order chi connectivity index (χ0) is 13.8. The maximum atomic E-state index is 12.1. The van der Waals surface area contributed by atoms with Gasteiger partial charge >= 0.3 is 0 Å². The van der Waals surface area contributed by atoms with Gasteiger partial charge in [-0.2, -0.15) is 0 Å². The fourth-order valence-corrected chi connectivity index (χ4v) is 1.96. The first-order valence-electron chi connectivity index (χ1n) is 6.59. The quantitative estimate of drug-likeness (QED) is 0.916. The predicted octanol–water partition coefficient (Wildman–Crippen LogP) is 2.73. The second kappa shape index (κ2) is 5.78. The molecule has 0 aliphatic carbocycles. The van der Waals surface area contributed by atoms with E-state index < -0.39 is 0 Å². The van der Waals surface area contributed by atoms with E-state index in [9.17, 15) is 4.79 Å². The fraction of sp³-hybridized carbons (Fsp3) is 0.400. The number of H-pyrrole nitrogens is 1. The monoisotopic (exact) mass is 257 g/mol. The smallest absolute Gasteiger partial charge is 0.254 e. The number of aromatic amines is 1. The van der Waals surface area contributed by atoms with E-state index in [1.54, 1.807) is 6.20 Å². The maximum Gasteiger partial charge on any atom is 0.254 e. The van der Waals surface area contributed by atoms with E-state index in [2.05, 4.69) is 28.8 Å². The molecule has 4 heteroatoms. The van der Waals surface area contributed by atoms with Crippen molar-refractivity contribution >= 4 is 0 Å². The standard InChI is InChI=1S/C15H19N3O/c1-10(2)7-8-12-11(3)17-14(18-15(12)19)13-6-4-5-9-16-13/h4-6,9-10H,7-8H2,1-3H3,(H,17,18,19). The summed E-state index contributed by atoms with van der Waals surface area (Å²) in [6.07, 6.45) is 3.46. The third-order valence-corrected chi connectivity index (χ3v) is 3.10. The number of hydrogen-bond donors (Lipinski definition) is 1. The molecule has 0 atom stereocenters. The lowest BCUT2D eigenvalue weighted by Gasteiger charge is -2.08. The normalized spacial score (nSPS) is 10.9. The van der Waals surface area contributed by atoms with Crippen molar-refractivity contribution in [3.8, 4) is 11.5 Å². The van der Waals surface area contributed by atoms with Crippen LogP contribution in [0.2, 0.25) is 0 Å². The molecule has 2 heterocycles. The van der Waals surface area contributed by atoms with Gasteiger partial charge in [0.25, 0.3) is 5.56 Å². The summed E-state index contributed by atoms with van der Waals surface area (Å²) in [7, 11) is 0. The summed E-state index contributed by atoms with van der Waals surface area (Å²) in [6, 6.07) is 5.56. The lowest BCUT2D eigenvalue weighted by Crippen LogP contribution is -2.18. The number of aromatic nitrogens is 3. The molecule has 2 rings (SSSR count). The number of rotatable bonds is 4. The molecule has 0 aliphatic rings. The molecule has 19 heavy (non-hydrogen) atoms. The minimum atomic E-state index is -0.0474. The fourth-order valence-electron chi connectivity index (χ4n) is 1.96. The van der Waals surface area contributed by atoms with Gasteiger partial charge in [-0.05, 0) is 37.8 Å². The van der Waals surface area contributed by atoms with Gasteiger partial charge in [0.1, 0.15) is 5.69 Å². The largest absolute Gasteiger partial charge is 0.305 e. The van der Waals surface area contributed by atoms with Crippen molar-refractivity contribution in [1.29, 1.82) is 0 Å². The molecule has 0 bridgehead atoms. The molecule has 0 spiro atoms. The van der Waals surface area contributed by atoms with E-state index in [4.69, 9.17) is 0 Å². The summed E-state index contributed by atoms with van der Waals surface area (Å²) >= 11 is 0. The van der Waals surface area contributed by atoms with Crippen molar-refractivity contribution in [2.75, 3.05) is 0 Å². The number of aryl methyl sites for hydroxylation is 1. The van der Waals surface area contributed by atoms with E-state index >= 15 is 0 Å². The minimum Gasteiger partial charge on any atom is -0.305 e. The molecule has 0 unspecified atom stereocenters. The minimum absolute atomic E-state index is 0.0474. The van der Waals surface area contributed by atoms with Crippen LogP contribution in [0.5, 0.6) is 0 Å². The number of pyridine rings is 1. The van der Waals surface area contributed by atoms with Crippen LogP contribution in [0.15, 0.2) is 29.2 Å².